The molecule has 4 aromatic heterocycles. The Bertz CT molecular complexity index is 3140. The van der Waals surface area contributed by atoms with Gasteiger partial charge in [-0.1, -0.05) is 11.6 Å². The molecule has 4 heterocycles. The molecular weight excluding hydrogens is 908 g/mol. The first kappa shape index (κ1) is 43.9. The number of carbonyl (C=O) groups excluding carboxylic acids is 1. The first-order valence-electron chi connectivity index (χ1n) is 18.9. The number of benzene rings is 2. The summed E-state index contributed by atoms with van der Waals surface area (Å²) in [6, 6.07) is 6.12. The van der Waals surface area contributed by atoms with Crippen LogP contribution in [0, 0.1) is 17.6 Å². The van der Waals surface area contributed by atoms with Crippen LogP contribution in [-0.2, 0) is 50.6 Å². The first-order valence-corrected chi connectivity index (χ1v) is 23.2. The van der Waals surface area contributed by atoms with Gasteiger partial charge in [0.05, 0.1) is 51.7 Å². The molecule has 0 spiro atoms. The normalized spacial score (nSPS) is 17.3. The number of rotatable bonds is 15. The lowest BCUT2D eigenvalue weighted by Gasteiger charge is -2.24. The van der Waals surface area contributed by atoms with Crippen LogP contribution < -0.4 is 20.3 Å². The largest absolute Gasteiger partial charge is 0.478 e. The average Bonchev–Trinajstić information content (AvgIpc) is 3.71. The zero-order chi connectivity index (χ0) is 45.5. The number of aromatic nitrogens is 7. The van der Waals surface area contributed by atoms with Crippen LogP contribution in [0.25, 0.3) is 27.6 Å². The van der Waals surface area contributed by atoms with Gasteiger partial charge in [0.2, 0.25) is 21.8 Å². The number of fused-ring (bicyclic) bond motifs is 5. The minimum absolute atomic E-state index is 0.0138. The second-order valence-electron chi connectivity index (χ2n) is 15.4. The number of sulfonamides is 1. The predicted octanol–water partition coefficient (Wildman–Crippen LogP) is 5.23. The molecule has 2 aliphatic rings. The molecule has 6 aromatic rings. The third-order valence-electron chi connectivity index (χ3n) is 10.6. The van der Waals surface area contributed by atoms with Crippen LogP contribution in [-0.4, -0.2) is 81.7 Å². The van der Waals surface area contributed by atoms with E-state index in [0.717, 1.165) is 29.2 Å². The van der Waals surface area contributed by atoms with Crippen LogP contribution in [0.15, 0.2) is 47.3 Å². The predicted molar refractivity (Wildman–Crippen MR) is 216 cm³/mol. The van der Waals surface area contributed by atoms with Gasteiger partial charge in [0, 0.05) is 43.3 Å². The van der Waals surface area contributed by atoms with E-state index in [2.05, 4.69) is 30.2 Å². The molecule has 0 bridgehead atoms. The van der Waals surface area contributed by atoms with E-state index in [1.54, 1.807) is 0 Å². The Kier molecular flexibility index (Phi) is 11.0. The molecule has 0 radical (unpaired) electrons. The summed E-state index contributed by atoms with van der Waals surface area (Å²) < 4.78 is 147. The van der Waals surface area contributed by atoms with Gasteiger partial charge in [-0.3, -0.25) is 28.2 Å². The van der Waals surface area contributed by atoms with Gasteiger partial charge in [-0.2, -0.15) is 24.0 Å². The van der Waals surface area contributed by atoms with Gasteiger partial charge in [-0.15, -0.1) is 0 Å². The van der Waals surface area contributed by atoms with Crippen molar-refractivity contribution in [1.82, 2.24) is 39.4 Å². The number of hydrogen-bond acceptors (Lipinski definition) is 11. The molecule has 2 N–H and O–H groups in total. The molecule has 2 aliphatic carbocycles. The number of pyridine rings is 1. The van der Waals surface area contributed by atoms with E-state index in [1.807, 2.05) is 0 Å². The molecule has 0 unspecified atom stereocenters. The lowest BCUT2D eigenvalue weighted by Crippen LogP contribution is -2.38. The van der Waals surface area contributed by atoms with Crippen LogP contribution in [0.1, 0.15) is 59.6 Å². The van der Waals surface area contributed by atoms with Crippen molar-refractivity contribution >= 4 is 65.1 Å². The SMILES string of the molecule is Cn1nc(NS(C)(=O)=O)c2c(Cl)ccc(-n3c([C@H](Cc4cc(F)cc(F)c4)NC(=O)Cn4nc(C(F)F)c5c4C(F)(F)[C@@H]4C[C@H]54)nc4nc(OCCCS(C)(=O)=O)ccc4c3=O)c21. The molecule has 2 aromatic carbocycles. The summed E-state index contributed by atoms with van der Waals surface area (Å²) in [6.07, 6.45) is -1.80. The lowest BCUT2D eigenvalue weighted by atomic mass is 10.0. The highest BCUT2D eigenvalue weighted by Crippen LogP contribution is 2.68. The van der Waals surface area contributed by atoms with E-state index >= 15 is 8.78 Å². The topological polar surface area (TPSA) is 202 Å². The number of anilines is 1. The van der Waals surface area contributed by atoms with Crippen molar-refractivity contribution < 1.29 is 52.7 Å². The van der Waals surface area contributed by atoms with Crippen molar-refractivity contribution in [3.63, 3.8) is 0 Å². The van der Waals surface area contributed by atoms with E-state index in [-0.39, 0.29) is 86.5 Å². The van der Waals surface area contributed by atoms with Crippen molar-refractivity contribution in [3.05, 3.63) is 97.8 Å². The number of sulfone groups is 1. The van der Waals surface area contributed by atoms with Gasteiger partial charge in [-0.05, 0) is 54.7 Å². The van der Waals surface area contributed by atoms with Crippen LogP contribution in [0.3, 0.4) is 0 Å². The molecule has 1 fully saturated rings. The van der Waals surface area contributed by atoms with Gasteiger partial charge in [0.1, 0.15) is 45.2 Å². The monoisotopic (exact) mass is 941 g/mol. The summed E-state index contributed by atoms with van der Waals surface area (Å²) in [4.78, 5) is 37.9. The van der Waals surface area contributed by atoms with Crippen LogP contribution in [0.4, 0.5) is 32.2 Å². The Morgan fingerprint density at radius 3 is 2.41 bits per heavy atom. The van der Waals surface area contributed by atoms with E-state index in [1.165, 1.54) is 36.0 Å². The quantitative estimate of drug-likeness (QED) is 0.101. The standard InChI is InChI=1S/C38H34ClF6N9O7S2/c1-52-31-25(7-6-23(39)29(31)35(50-52)51-63(3,59)60)54-36(48-34-20(37(54)56)5-8-27(47-34)61-9-4-10-62(2,57)58)24(13-17-11-18(40)14-19(41)12-17)46-26(55)16-53-32-28(30(49-53)33(42)43)21-15-22(21)38(32,44)45/h5-8,11-12,14,21-22,24,33H,4,9-10,13,15-16H2,1-3H3,(H,46,55)(H,50,51)/t21-,22+,24-/m0/s1. The fourth-order valence-electron chi connectivity index (χ4n) is 8.02. The molecule has 1 amide bonds. The summed E-state index contributed by atoms with van der Waals surface area (Å²) >= 11 is 6.59. The molecule has 63 heavy (non-hydrogen) atoms. The van der Waals surface area contributed by atoms with Gasteiger partial charge >= 0.3 is 0 Å². The second kappa shape index (κ2) is 15.8. The highest BCUT2D eigenvalue weighted by Gasteiger charge is 2.67. The van der Waals surface area contributed by atoms with Crippen LogP contribution in [0.5, 0.6) is 5.88 Å². The van der Waals surface area contributed by atoms with E-state index < -0.39 is 97.5 Å². The molecule has 8 rings (SSSR count). The Labute approximate surface area is 358 Å². The molecule has 16 nitrogen and oxygen atoms in total. The number of carbonyl (C=O) groups is 1. The maximum atomic E-state index is 15.5. The third kappa shape index (κ3) is 8.54. The minimum Gasteiger partial charge on any atom is -0.478 e. The average molecular weight is 942 g/mol. The summed E-state index contributed by atoms with van der Waals surface area (Å²) in [5.41, 5.74) is -3.30. The fraction of sp³-hybridized carbons (Fsp3) is 0.368. The van der Waals surface area contributed by atoms with Crippen molar-refractivity contribution in [2.75, 3.05) is 29.6 Å². The van der Waals surface area contributed by atoms with Crippen molar-refractivity contribution in [2.24, 2.45) is 13.0 Å². The Hall–Kier alpha value is -5.75. The molecule has 0 saturated heterocycles. The van der Waals surface area contributed by atoms with Gasteiger partial charge in [0.25, 0.3) is 17.9 Å². The molecule has 3 atom stereocenters. The number of halogens is 7. The number of nitrogens with one attached hydrogen (secondary N) is 2. The molecule has 25 heteroatoms. The summed E-state index contributed by atoms with van der Waals surface area (Å²) in [7, 11) is -5.86. The molecule has 0 aliphatic heterocycles. The number of nitrogens with zero attached hydrogens (tertiary/aromatic N) is 7. The summed E-state index contributed by atoms with van der Waals surface area (Å²) in [5.74, 6) is -9.75. The number of ether oxygens (including phenoxy) is 1. The lowest BCUT2D eigenvalue weighted by molar-refractivity contribution is -0.123. The van der Waals surface area contributed by atoms with Gasteiger partial charge in [0.15, 0.2) is 11.5 Å². The highest BCUT2D eigenvalue weighted by atomic mass is 35.5. The van der Waals surface area contributed by atoms with E-state index in [0.29, 0.717) is 10.7 Å². The summed E-state index contributed by atoms with van der Waals surface area (Å²) in [5, 5.41) is 10.4. The second-order valence-corrected chi connectivity index (χ2v) is 19.8. The smallest absolute Gasteiger partial charge is 0.293 e. The molecule has 334 valence electrons. The maximum absolute atomic E-state index is 15.5. The van der Waals surface area contributed by atoms with Crippen molar-refractivity contribution in [3.8, 4) is 11.6 Å². The van der Waals surface area contributed by atoms with E-state index in [9.17, 15) is 44.0 Å². The maximum Gasteiger partial charge on any atom is 0.293 e. The Balaban J connectivity index is 1.31. The Morgan fingerprint density at radius 1 is 1.03 bits per heavy atom. The van der Waals surface area contributed by atoms with Gasteiger partial charge in [-0.25, -0.2) is 39.4 Å². The summed E-state index contributed by atoms with van der Waals surface area (Å²) in [6.45, 7) is -1.15. The number of aryl methyl sites for hydroxylation is 1. The van der Waals surface area contributed by atoms with E-state index in [4.69, 9.17) is 16.3 Å². The van der Waals surface area contributed by atoms with Crippen molar-refractivity contribution in [1.29, 1.82) is 0 Å². The fourth-order valence-corrected chi connectivity index (χ4v) is 9.40. The minimum atomic E-state index is -3.94. The number of hydrogen-bond donors (Lipinski definition) is 2. The zero-order valence-corrected chi connectivity index (χ0v) is 35.4. The Morgan fingerprint density at radius 2 is 1.75 bits per heavy atom. The highest BCUT2D eigenvalue weighted by molar-refractivity contribution is 7.92. The number of amides is 1. The number of alkyl halides is 4. The van der Waals surface area contributed by atoms with Crippen molar-refractivity contribution in [2.45, 2.75) is 50.1 Å². The third-order valence-corrected chi connectivity index (χ3v) is 12.5. The van der Waals surface area contributed by atoms with Crippen LogP contribution in [0.2, 0.25) is 5.02 Å². The van der Waals surface area contributed by atoms with Crippen LogP contribution >= 0.6 is 11.6 Å². The first-order chi connectivity index (χ1) is 29.5. The zero-order valence-electron chi connectivity index (χ0n) is 33.0. The van der Waals surface area contributed by atoms with Gasteiger partial charge < -0.3 is 10.1 Å². The molecule has 1 saturated carbocycles. The molecular formula is C38H34ClF6N9O7S2.